The Bertz CT molecular complexity index is 1310. The first-order valence-electron chi connectivity index (χ1n) is 10.4. The van der Waals surface area contributed by atoms with Gasteiger partial charge in [-0.2, -0.15) is 5.10 Å². The van der Waals surface area contributed by atoms with Crippen LogP contribution < -0.4 is 14.9 Å². The second-order valence-corrected chi connectivity index (χ2v) is 7.30. The molecule has 0 aliphatic carbocycles. The van der Waals surface area contributed by atoms with E-state index >= 15 is 0 Å². The van der Waals surface area contributed by atoms with Crippen LogP contribution in [-0.4, -0.2) is 25.2 Å². The van der Waals surface area contributed by atoms with Crippen LogP contribution in [-0.2, 0) is 11.2 Å². The smallest absolute Gasteiger partial charge is 0.343 e. The first-order chi connectivity index (χ1) is 16.1. The van der Waals surface area contributed by atoms with Gasteiger partial charge in [0.25, 0.3) is 0 Å². The molecule has 0 radical (unpaired) electrons. The zero-order chi connectivity index (χ0) is 23.0. The number of fused-ring (bicyclic) bond motifs is 1. The average Bonchev–Trinajstić information content (AvgIpc) is 2.84. The standard InChI is InChI=1S/C27H22N2O4/c1-32-23-14-12-21(13-15-23)27(31)33-24-10-4-6-19(16-24)18-28-29-26(30)17-22-9-5-8-20-7-2-3-11-25(20)22/h2-16,18H,17H2,1H3,(H,29,30)/b28-18+. The summed E-state index contributed by atoms with van der Waals surface area (Å²) in [7, 11) is 1.56. The zero-order valence-corrected chi connectivity index (χ0v) is 18.0. The average molecular weight is 438 g/mol. The van der Waals surface area contributed by atoms with E-state index in [0.717, 1.165) is 16.3 Å². The van der Waals surface area contributed by atoms with Gasteiger partial charge in [0.05, 0.1) is 25.3 Å². The maximum Gasteiger partial charge on any atom is 0.343 e. The summed E-state index contributed by atoms with van der Waals surface area (Å²) in [5.41, 5.74) is 4.58. The SMILES string of the molecule is COc1ccc(C(=O)Oc2cccc(/C=N/NC(=O)Cc3cccc4ccccc34)c2)cc1. The Labute approximate surface area is 191 Å². The summed E-state index contributed by atoms with van der Waals surface area (Å²) in [6.45, 7) is 0. The molecule has 0 saturated heterocycles. The van der Waals surface area contributed by atoms with Crippen LogP contribution in [0.3, 0.4) is 0 Å². The van der Waals surface area contributed by atoms with E-state index in [1.807, 2.05) is 42.5 Å². The number of hydrogen-bond donors (Lipinski definition) is 1. The van der Waals surface area contributed by atoms with Crippen molar-refractivity contribution in [3.05, 3.63) is 108 Å². The number of nitrogens with zero attached hydrogens (tertiary/aromatic N) is 1. The van der Waals surface area contributed by atoms with Crippen LogP contribution in [0.4, 0.5) is 0 Å². The fourth-order valence-corrected chi connectivity index (χ4v) is 3.39. The Morgan fingerprint density at radius 1 is 0.879 bits per heavy atom. The number of methoxy groups -OCH3 is 1. The number of ether oxygens (including phenoxy) is 2. The lowest BCUT2D eigenvalue weighted by atomic mass is 10.0. The lowest BCUT2D eigenvalue weighted by Crippen LogP contribution is -2.19. The molecule has 164 valence electrons. The van der Waals surface area contributed by atoms with Crippen LogP contribution in [0.25, 0.3) is 10.8 Å². The van der Waals surface area contributed by atoms with Gasteiger partial charge < -0.3 is 9.47 Å². The first kappa shape index (κ1) is 21.8. The van der Waals surface area contributed by atoms with Crippen LogP contribution in [0, 0.1) is 0 Å². The maximum atomic E-state index is 12.4. The van der Waals surface area contributed by atoms with Crippen LogP contribution in [0.5, 0.6) is 11.5 Å². The van der Waals surface area contributed by atoms with E-state index in [-0.39, 0.29) is 12.3 Å². The van der Waals surface area contributed by atoms with Crippen LogP contribution in [0.15, 0.2) is 96.1 Å². The number of benzene rings is 4. The fraction of sp³-hybridized carbons (Fsp3) is 0.0741. The number of rotatable bonds is 7. The van der Waals surface area contributed by atoms with Crippen LogP contribution in [0.1, 0.15) is 21.5 Å². The minimum absolute atomic E-state index is 0.218. The number of hydrazone groups is 1. The van der Waals surface area contributed by atoms with Gasteiger partial charge in [-0.15, -0.1) is 0 Å². The second kappa shape index (κ2) is 10.2. The Morgan fingerprint density at radius 2 is 1.64 bits per heavy atom. The highest BCUT2D eigenvalue weighted by molar-refractivity contribution is 5.92. The summed E-state index contributed by atoms with van der Waals surface area (Å²) in [4.78, 5) is 24.7. The third-order valence-electron chi connectivity index (χ3n) is 5.03. The number of carbonyl (C=O) groups excluding carboxylic acids is 2. The van der Waals surface area contributed by atoms with E-state index < -0.39 is 5.97 Å². The molecule has 6 heteroatoms. The Morgan fingerprint density at radius 3 is 2.45 bits per heavy atom. The summed E-state index contributed by atoms with van der Waals surface area (Å²) in [6.07, 6.45) is 1.73. The van der Waals surface area contributed by atoms with Gasteiger partial charge in [0.1, 0.15) is 11.5 Å². The molecule has 4 rings (SSSR count). The largest absolute Gasteiger partial charge is 0.497 e. The predicted octanol–water partition coefficient (Wildman–Crippen LogP) is 4.76. The number of carbonyl (C=O) groups is 2. The lowest BCUT2D eigenvalue weighted by Gasteiger charge is -2.06. The highest BCUT2D eigenvalue weighted by Crippen LogP contribution is 2.19. The summed E-state index contributed by atoms with van der Waals surface area (Å²) in [6, 6.07) is 27.4. The number of amides is 1. The summed E-state index contributed by atoms with van der Waals surface area (Å²) in [5, 5.41) is 6.17. The molecule has 4 aromatic rings. The molecule has 0 atom stereocenters. The molecule has 0 heterocycles. The highest BCUT2D eigenvalue weighted by Gasteiger charge is 2.09. The third kappa shape index (κ3) is 5.62. The molecule has 0 saturated carbocycles. The van der Waals surface area contributed by atoms with Crippen molar-refractivity contribution in [2.75, 3.05) is 7.11 Å². The molecular weight excluding hydrogens is 416 g/mol. The van der Waals surface area contributed by atoms with Crippen molar-refractivity contribution in [2.24, 2.45) is 5.10 Å². The Balaban J connectivity index is 1.36. The Hall–Kier alpha value is -4.45. The third-order valence-corrected chi connectivity index (χ3v) is 5.03. The molecule has 33 heavy (non-hydrogen) atoms. The minimum atomic E-state index is -0.477. The molecule has 0 aromatic heterocycles. The molecule has 0 spiro atoms. The van der Waals surface area contributed by atoms with E-state index in [9.17, 15) is 9.59 Å². The van der Waals surface area contributed by atoms with E-state index in [1.165, 1.54) is 6.21 Å². The fourth-order valence-electron chi connectivity index (χ4n) is 3.39. The lowest BCUT2D eigenvalue weighted by molar-refractivity contribution is -0.120. The molecule has 0 bridgehead atoms. The van der Waals surface area contributed by atoms with Crippen molar-refractivity contribution in [3.8, 4) is 11.5 Å². The number of nitrogens with one attached hydrogen (secondary N) is 1. The number of hydrogen-bond acceptors (Lipinski definition) is 5. The van der Waals surface area contributed by atoms with Gasteiger partial charge in [0, 0.05) is 0 Å². The van der Waals surface area contributed by atoms with Crippen LogP contribution in [0.2, 0.25) is 0 Å². The molecule has 0 aliphatic heterocycles. The molecule has 0 aliphatic rings. The van der Waals surface area contributed by atoms with Crippen molar-refractivity contribution in [1.82, 2.24) is 5.43 Å². The predicted molar refractivity (Wildman–Crippen MR) is 128 cm³/mol. The summed E-state index contributed by atoms with van der Waals surface area (Å²) in [5.74, 6) is 0.342. The van der Waals surface area contributed by atoms with Crippen molar-refractivity contribution >= 4 is 28.9 Å². The van der Waals surface area contributed by atoms with Gasteiger partial charge in [0.2, 0.25) is 5.91 Å². The van der Waals surface area contributed by atoms with Gasteiger partial charge in [-0.1, -0.05) is 54.6 Å². The number of esters is 1. The van der Waals surface area contributed by atoms with E-state index in [2.05, 4.69) is 10.5 Å². The molecule has 1 N–H and O–H groups in total. The summed E-state index contributed by atoms with van der Waals surface area (Å²) >= 11 is 0. The molecular formula is C27H22N2O4. The van der Waals surface area contributed by atoms with Crippen molar-refractivity contribution in [2.45, 2.75) is 6.42 Å². The van der Waals surface area contributed by atoms with Crippen molar-refractivity contribution < 1.29 is 19.1 Å². The van der Waals surface area contributed by atoms with Gasteiger partial charge in [-0.3, -0.25) is 4.79 Å². The van der Waals surface area contributed by atoms with E-state index in [1.54, 1.807) is 55.6 Å². The quantitative estimate of drug-likeness (QED) is 0.195. The minimum Gasteiger partial charge on any atom is -0.497 e. The monoisotopic (exact) mass is 438 g/mol. The van der Waals surface area contributed by atoms with E-state index in [0.29, 0.717) is 22.6 Å². The molecule has 4 aromatic carbocycles. The molecule has 0 fully saturated rings. The van der Waals surface area contributed by atoms with Crippen molar-refractivity contribution in [1.29, 1.82) is 0 Å². The van der Waals surface area contributed by atoms with Gasteiger partial charge in [0.15, 0.2) is 0 Å². The molecule has 6 nitrogen and oxygen atoms in total. The van der Waals surface area contributed by atoms with Gasteiger partial charge in [-0.05, 0) is 58.3 Å². The first-order valence-corrected chi connectivity index (χ1v) is 10.4. The molecule has 0 unspecified atom stereocenters. The topological polar surface area (TPSA) is 77.0 Å². The normalized spacial score (nSPS) is 10.8. The van der Waals surface area contributed by atoms with E-state index in [4.69, 9.17) is 9.47 Å². The highest BCUT2D eigenvalue weighted by atomic mass is 16.5. The second-order valence-electron chi connectivity index (χ2n) is 7.30. The van der Waals surface area contributed by atoms with Gasteiger partial charge >= 0.3 is 5.97 Å². The molecule has 1 amide bonds. The van der Waals surface area contributed by atoms with Gasteiger partial charge in [-0.25, -0.2) is 10.2 Å². The summed E-state index contributed by atoms with van der Waals surface area (Å²) < 4.78 is 10.5. The maximum absolute atomic E-state index is 12.4. The Kier molecular flexibility index (Phi) is 6.75. The van der Waals surface area contributed by atoms with Crippen LogP contribution >= 0.6 is 0 Å². The van der Waals surface area contributed by atoms with Crippen molar-refractivity contribution in [3.63, 3.8) is 0 Å². The zero-order valence-electron chi connectivity index (χ0n) is 18.0.